The van der Waals surface area contributed by atoms with Crippen LogP contribution in [0.1, 0.15) is 30.5 Å². The summed E-state index contributed by atoms with van der Waals surface area (Å²) in [4.78, 5) is 27.9. The number of aromatic nitrogens is 1. The van der Waals surface area contributed by atoms with E-state index in [9.17, 15) is 14.7 Å². The Bertz CT molecular complexity index is 1280. The minimum absolute atomic E-state index is 0.0449. The molecule has 4 rings (SSSR count). The minimum atomic E-state index is -0.742. The van der Waals surface area contributed by atoms with Gasteiger partial charge >= 0.3 is 0 Å². The first-order valence-corrected chi connectivity index (χ1v) is 11.5. The van der Waals surface area contributed by atoms with E-state index in [1.54, 1.807) is 25.3 Å². The molecule has 1 fully saturated rings. The maximum absolute atomic E-state index is 13.3. The van der Waals surface area contributed by atoms with Crippen LogP contribution in [-0.2, 0) is 21.4 Å². The van der Waals surface area contributed by atoms with Crippen LogP contribution in [0.2, 0.25) is 5.02 Å². The second-order valence-corrected chi connectivity index (χ2v) is 8.54. The maximum Gasteiger partial charge on any atom is 0.295 e. The molecule has 0 saturated carbocycles. The van der Waals surface area contributed by atoms with E-state index < -0.39 is 17.7 Å². The molecular weight excluding hydrogens is 456 g/mol. The fraction of sp³-hybridized carbons (Fsp3) is 0.308. The molecule has 1 saturated heterocycles. The minimum Gasteiger partial charge on any atom is -0.507 e. The lowest BCUT2D eigenvalue weighted by atomic mass is 9.95. The number of hydrogen-bond acceptors (Lipinski definition) is 5. The highest BCUT2D eigenvalue weighted by molar-refractivity contribution is 6.46. The highest BCUT2D eigenvalue weighted by atomic mass is 35.5. The molecule has 0 radical (unpaired) electrons. The van der Waals surface area contributed by atoms with Crippen molar-refractivity contribution < 1.29 is 24.2 Å². The summed E-state index contributed by atoms with van der Waals surface area (Å²) in [6, 6.07) is 11.8. The number of benzene rings is 2. The predicted octanol–water partition coefficient (Wildman–Crippen LogP) is 4.69. The Morgan fingerprint density at radius 2 is 1.94 bits per heavy atom. The molecule has 34 heavy (non-hydrogen) atoms. The van der Waals surface area contributed by atoms with Crippen molar-refractivity contribution in [1.29, 1.82) is 0 Å². The molecule has 1 aliphatic heterocycles. The van der Waals surface area contributed by atoms with Crippen molar-refractivity contribution in [2.75, 3.05) is 26.9 Å². The van der Waals surface area contributed by atoms with Gasteiger partial charge in [-0.1, -0.05) is 29.8 Å². The summed E-state index contributed by atoms with van der Waals surface area (Å²) < 4.78 is 12.7. The number of amides is 1. The van der Waals surface area contributed by atoms with Crippen molar-refractivity contribution in [2.24, 2.45) is 7.05 Å². The first-order valence-electron chi connectivity index (χ1n) is 11.1. The van der Waals surface area contributed by atoms with Crippen molar-refractivity contribution in [3.63, 3.8) is 0 Å². The molecule has 0 bridgehead atoms. The van der Waals surface area contributed by atoms with Gasteiger partial charge < -0.3 is 24.0 Å². The van der Waals surface area contributed by atoms with Crippen LogP contribution in [0.5, 0.6) is 5.75 Å². The molecule has 8 heteroatoms. The monoisotopic (exact) mass is 482 g/mol. The standard InChI is InChI=1S/C26H27ClN2O5/c1-4-34-21-14-16(10-11-19(21)27)24(30)22-23(29(12-7-13-33-3)26(32)25(22)31)18-15-28(2)20-9-6-5-8-17(18)20/h5-6,8-11,14-15,23,30H,4,7,12-13H2,1-3H3/b24-22+. The van der Waals surface area contributed by atoms with E-state index in [2.05, 4.69) is 0 Å². The van der Waals surface area contributed by atoms with Crippen molar-refractivity contribution in [2.45, 2.75) is 19.4 Å². The molecule has 2 aromatic carbocycles. The third kappa shape index (κ3) is 4.17. The lowest BCUT2D eigenvalue weighted by molar-refractivity contribution is -0.140. The molecule has 1 amide bonds. The third-order valence-electron chi connectivity index (χ3n) is 6.01. The molecule has 1 aliphatic rings. The largest absolute Gasteiger partial charge is 0.507 e. The van der Waals surface area contributed by atoms with Gasteiger partial charge in [0.15, 0.2) is 0 Å². The number of hydrogen-bond donors (Lipinski definition) is 1. The van der Waals surface area contributed by atoms with Crippen molar-refractivity contribution in [1.82, 2.24) is 9.47 Å². The second-order valence-electron chi connectivity index (χ2n) is 8.13. The SMILES string of the molecule is CCOc1cc(/C(O)=C2\C(=O)C(=O)N(CCCOC)C2c2cn(C)c3ccccc23)ccc1Cl. The number of halogens is 1. The summed E-state index contributed by atoms with van der Waals surface area (Å²) >= 11 is 6.21. The smallest absolute Gasteiger partial charge is 0.295 e. The van der Waals surface area contributed by atoms with Crippen LogP contribution in [0, 0.1) is 0 Å². The van der Waals surface area contributed by atoms with Crippen LogP contribution < -0.4 is 4.74 Å². The van der Waals surface area contributed by atoms with Gasteiger partial charge in [-0.25, -0.2) is 0 Å². The van der Waals surface area contributed by atoms with Crippen LogP contribution >= 0.6 is 11.6 Å². The van der Waals surface area contributed by atoms with Crippen LogP contribution in [0.15, 0.2) is 54.2 Å². The Kier molecular flexibility index (Phi) is 6.95. The topological polar surface area (TPSA) is 81.0 Å². The molecule has 1 N–H and O–H groups in total. The first kappa shape index (κ1) is 23.9. The summed E-state index contributed by atoms with van der Waals surface area (Å²) in [5.41, 5.74) is 2.14. The molecule has 1 aromatic heterocycles. The zero-order valence-corrected chi connectivity index (χ0v) is 20.1. The zero-order chi connectivity index (χ0) is 24.4. The lowest BCUT2D eigenvalue weighted by Crippen LogP contribution is -2.31. The molecule has 1 unspecified atom stereocenters. The average Bonchev–Trinajstić information content (AvgIpc) is 3.29. The molecule has 0 spiro atoms. The summed E-state index contributed by atoms with van der Waals surface area (Å²) in [5.74, 6) is -1.23. The van der Waals surface area contributed by atoms with E-state index in [-0.39, 0.29) is 11.3 Å². The Hall–Kier alpha value is -3.29. The Morgan fingerprint density at radius 1 is 1.18 bits per heavy atom. The number of likely N-dealkylation sites (tertiary alicyclic amines) is 1. The van der Waals surface area contributed by atoms with Gasteiger partial charge in [0, 0.05) is 55.5 Å². The molecular formula is C26H27ClN2O5. The number of aryl methyl sites for hydroxylation is 1. The molecule has 3 aromatic rings. The number of rotatable bonds is 8. The number of carbonyl (C=O) groups is 2. The summed E-state index contributed by atoms with van der Waals surface area (Å²) in [6.45, 7) is 2.98. The average molecular weight is 483 g/mol. The highest BCUT2D eigenvalue weighted by Gasteiger charge is 2.46. The number of methoxy groups -OCH3 is 1. The number of carbonyl (C=O) groups excluding carboxylic acids is 2. The number of ether oxygens (including phenoxy) is 2. The van der Waals surface area contributed by atoms with E-state index in [0.717, 1.165) is 16.5 Å². The molecule has 1 atom stereocenters. The fourth-order valence-corrected chi connectivity index (χ4v) is 4.65. The van der Waals surface area contributed by atoms with E-state index in [0.29, 0.717) is 42.5 Å². The van der Waals surface area contributed by atoms with Gasteiger partial charge in [-0.3, -0.25) is 9.59 Å². The predicted molar refractivity (Wildman–Crippen MR) is 131 cm³/mol. The molecule has 178 valence electrons. The van der Waals surface area contributed by atoms with Crippen LogP contribution in [0.25, 0.3) is 16.7 Å². The fourth-order valence-electron chi connectivity index (χ4n) is 4.48. The van der Waals surface area contributed by atoms with Crippen molar-refractivity contribution in [3.8, 4) is 5.75 Å². The van der Waals surface area contributed by atoms with Gasteiger partial charge in [0.05, 0.1) is 23.2 Å². The molecule has 7 nitrogen and oxygen atoms in total. The van der Waals surface area contributed by atoms with Crippen LogP contribution in [0.3, 0.4) is 0 Å². The number of aliphatic hydroxyl groups excluding tert-OH is 1. The summed E-state index contributed by atoms with van der Waals surface area (Å²) in [6.07, 6.45) is 2.46. The van der Waals surface area contributed by atoms with Gasteiger partial charge in [0.1, 0.15) is 11.5 Å². The van der Waals surface area contributed by atoms with E-state index in [4.69, 9.17) is 21.1 Å². The van der Waals surface area contributed by atoms with Gasteiger partial charge in [0.2, 0.25) is 0 Å². The van der Waals surface area contributed by atoms with Gasteiger partial charge in [0.25, 0.3) is 11.7 Å². The Balaban J connectivity index is 1.91. The number of fused-ring (bicyclic) bond motifs is 1. The number of nitrogens with zero attached hydrogens (tertiary/aromatic N) is 2. The maximum atomic E-state index is 13.3. The van der Waals surface area contributed by atoms with Crippen molar-refractivity contribution >= 4 is 40.0 Å². The quantitative estimate of drug-likeness (QED) is 0.218. The van der Waals surface area contributed by atoms with Crippen LogP contribution in [-0.4, -0.2) is 53.1 Å². The number of Topliss-reactive ketones (excluding diaryl/α,β-unsaturated/α-hetero) is 1. The second kappa shape index (κ2) is 9.91. The lowest BCUT2D eigenvalue weighted by Gasteiger charge is -2.25. The highest BCUT2D eigenvalue weighted by Crippen LogP contribution is 2.43. The first-order chi connectivity index (χ1) is 16.4. The number of ketones is 1. The van der Waals surface area contributed by atoms with E-state index in [1.807, 2.05) is 49.0 Å². The number of aliphatic hydroxyl groups is 1. The Labute approximate surface area is 203 Å². The van der Waals surface area contributed by atoms with E-state index >= 15 is 0 Å². The van der Waals surface area contributed by atoms with Crippen LogP contribution in [0.4, 0.5) is 0 Å². The van der Waals surface area contributed by atoms with Gasteiger partial charge in [-0.15, -0.1) is 0 Å². The summed E-state index contributed by atoms with van der Waals surface area (Å²) in [5, 5.41) is 12.6. The number of para-hydroxylation sites is 1. The van der Waals surface area contributed by atoms with Gasteiger partial charge in [-0.05, 0) is 37.6 Å². The van der Waals surface area contributed by atoms with E-state index in [1.165, 1.54) is 4.90 Å². The third-order valence-corrected chi connectivity index (χ3v) is 6.33. The zero-order valence-electron chi connectivity index (χ0n) is 19.4. The normalized spacial score (nSPS) is 17.6. The summed E-state index contributed by atoms with van der Waals surface area (Å²) in [7, 11) is 3.50. The van der Waals surface area contributed by atoms with Gasteiger partial charge in [-0.2, -0.15) is 0 Å². The Morgan fingerprint density at radius 3 is 2.68 bits per heavy atom. The molecule has 0 aliphatic carbocycles. The van der Waals surface area contributed by atoms with Crippen molar-refractivity contribution in [3.05, 3.63) is 70.4 Å². The molecule has 2 heterocycles.